The second-order valence-electron chi connectivity index (χ2n) is 7.14. The largest absolute Gasteiger partial charge is 0.482 e. The van der Waals surface area contributed by atoms with Gasteiger partial charge in [0.15, 0.2) is 11.6 Å². The molecule has 30 heavy (non-hydrogen) atoms. The van der Waals surface area contributed by atoms with Crippen molar-refractivity contribution in [3.63, 3.8) is 0 Å². The number of halogens is 4. The van der Waals surface area contributed by atoms with Gasteiger partial charge >= 0.3 is 0 Å². The molecule has 0 aliphatic rings. The SMILES string of the molecule is CC(Oc1cc(-c2ccc(P(C)(C)=O)c(F)c2)cnc1N)c1c(Cl)ccc(F)c1Cl. The molecule has 1 atom stereocenters. The molecular weight excluding hydrogens is 452 g/mol. The van der Waals surface area contributed by atoms with E-state index in [1.165, 1.54) is 43.8 Å². The number of ether oxygens (including phenoxy) is 1. The van der Waals surface area contributed by atoms with E-state index < -0.39 is 24.9 Å². The van der Waals surface area contributed by atoms with Crippen LogP contribution in [0.1, 0.15) is 18.6 Å². The third-order valence-corrected chi connectivity index (χ3v) is 6.77. The summed E-state index contributed by atoms with van der Waals surface area (Å²) >= 11 is 12.2. The van der Waals surface area contributed by atoms with Crippen molar-refractivity contribution < 1.29 is 18.1 Å². The maximum atomic E-state index is 14.5. The van der Waals surface area contributed by atoms with Crippen LogP contribution in [-0.2, 0) is 4.57 Å². The maximum absolute atomic E-state index is 14.5. The van der Waals surface area contributed by atoms with Crippen molar-refractivity contribution in [2.75, 3.05) is 19.1 Å². The van der Waals surface area contributed by atoms with E-state index in [0.29, 0.717) is 11.1 Å². The lowest BCUT2D eigenvalue weighted by atomic mass is 10.1. The predicted molar refractivity (Wildman–Crippen MR) is 119 cm³/mol. The van der Waals surface area contributed by atoms with Crippen molar-refractivity contribution in [1.29, 1.82) is 0 Å². The van der Waals surface area contributed by atoms with Crippen LogP contribution >= 0.6 is 30.3 Å². The van der Waals surface area contributed by atoms with Crippen LogP contribution < -0.4 is 15.8 Å². The van der Waals surface area contributed by atoms with Gasteiger partial charge in [-0.1, -0.05) is 29.3 Å². The van der Waals surface area contributed by atoms with Gasteiger partial charge in [-0.05, 0) is 56.1 Å². The molecule has 2 N–H and O–H groups in total. The number of nitrogens with zero attached hydrogens (tertiary/aromatic N) is 1. The van der Waals surface area contributed by atoms with E-state index in [0.717, 1.165) is 0 Å². The molecule has 3 rings (SSSR count). The second kappa shape index (κ2) is 8.54. The average molecular weight is 471 g/mol. The molecule has 0 spiro atoms. The summed E-state index contributed by atoms with van der Waals surface area (Å²) in [6, 6.07) is 8.58. The molecule has 4 nitrogen and oxygen atoms in total. The molecule has 0 bridgehead atoms. The summed E-state index contributed by atoms with van der Waals surface area (Å²) in [5.74, 6) is -0.881. The first-order valence-electron chi connectivity index (χ1n) is 8.90. The van der Waals surface area contributed by atoms with Gasteiger partial charge in [0.05, 0.1) is 5.02 Å². The van der Waals surface area contributed by atoms with Crippen LogP contribution in [0.15, 0.2) is 42.6 Å². The number of nitrogens with two attached hydrogens (primary N) is 1. The number of hydrogen-bond donors (Lipinski definition) is 1. The molecule has 0 radical (unpaired) electrons. The molecule has 1 aromatic heterocycles. The number of rotatable bonds is 5. The Bertz CT molecular complexity index is 1170. The van der Waals surface area contributed by atoms with Crippen LogP contribution in [0.5, 0.6) is 5.75 Å². The highest BCUT2D eigenvalue weighted by molar-refractivity contribution is 7.70. The predicted octanol–water partition coefficient (Wildman–Crippen LogP) is 6.30. The van der Waals surface area contributed by atoms with Gasteiger partial charge in [-0.3, -0.25) is 0 Å². The standard InChI is InChI=1S/C21H19Cl2F2N2O2P/c1-11(19-14(22)5-6-15(24)20(19)23)29-17-9-13(10-27-21(17)26)12-4-7-18(16(25)8-12)30(2,3)28/h4-11H,1-3H3,(H2,26,27). The topological polar surface area (TPSA) is 65.2 Å². The van der Waals surface area contributed by atoms with Crippen LogP contribution in [-0.4, -0.2) is 18.3 Å². The number of benzene rings is 2. The van der Waals surface area contributed by atoms with E-state index in [-0.39, 0.29) is 32.5 Å². The van der Waals surface area contributed by atoms with E-state index in [2.05, 4.69) is 4.98 Å². The van der Waals surface area contributed by atoms with E-state index in [1.807, 2.05) is 0 Å². The van der Waals surface area contributed by atoms with Crippen LogP contribution in [0.3, 0.4) is 0 Å². The lowest BCUT2D eigenvalue weighted by Crippen LogP contribution is -2.09. The number of anilines is 1. The highest BCUT2D eigenvalue weighted by Gasteiger charge is 2.21. The van der Waals surface area contributed by atoms with Gasteiger partial charge in [-0.2, -0.15) is 0 Å². The average Bonchev–Trinajstić information content (AvgIpc) is 2.65. The molecular formula is C21H19Cl2F2N2O2P. The molecule has 0 aliphatic carbocycles. The molecule has 1 unspecified atom stereocenters. The monoisotopic (exact) mass is 470 g/mol. The van der Waals surface area contributed by atoms with Crippen molar-refractivity contribution in [1.82, 2.24) is 4.98 Å². The molecule has 3 aromatic rings. The van der Waals surface area contributed by atoms with Crippen molar-refractivity contribution in [3.05, 3.63) is 69.8 Å². The van der Waals surface area contributed by atoms with Crippen LogP contribution in [0.4, 0.5) is 14.6 Å². The van der Waals surface area contributed by atoms with Gasteiger partial charge in [0.1, 0.15) is 24.9 Å². The van der Waals surface area contributed by atoms with Gasteiger partial charge in [-0.25, -0.2) is 13.8 Å². The Balaban J connectivity index is 1.96. The normalized spacial score (nSPS) is 12.6. The first kappa shape index (κ1) is 22.5. The van der Waals surface area contributed by atoms with Crippen molar-refractivity contribution in [2.24, 2.45) is 0 Å². The first-order chi connectivity index (χ1) is 14.0. The summed E-state index contributed by atoms with van der Waals surface area (Å²) in [6.07, 6.45) is 0.742. The third-order valence-electron chi connectivity index (χ3n) is 4.53. The summed E-state index contributed by atoms with van der Waals surface area (Å²) in [5, 5.41) is 0.284. The molecule has 0 amide bonds. The fraction of sp³-hybridized carbons (Fsp3) is 0.190. The van der Waals surface area contributed by atoms with Gasteiger partial charge in [0, 0.05) is 27.7 Å². The zero-order chi connectivity index (χ0) is 22.2. The highest BCUT2D eigenvalue weighted by atomic mass is 35.5. The molecule has 0 saturated heterocycles. The molecule has 9 heteroatoms. The Kier molecular flexibility index (Phi) is 6.42. The molecule has 1 heterocycles. The van der Waals surface area contributed by atoms with E-state index in [9.17, 15) is 13.3 Å². The molecule has 158 valence electrons. The van der Waals surface area contributed by atoms with Crippen molar-refractivity contribution >= 4 is 41.5 Å². The minimum absolute atomic E-state index is 0.0953. The Labute approximate surface area is 183 Å². The van der Waals surface area contributed by atoms with E-state index >= 15 is 0 Å². The first-order valence-corrected chi connectivity index (χ1v) is 12.3. The summed E-state index contributed by atoms with van der Waals surface area (Å²) in [4.78, 5) is 4.10. The van der Waals surface area contributed by atoms with Crippen LogP contribution in [0.2, 0.25) is 10.0 Å². The number of pyridine rings is 1. The summed E-state index contributed by atoms with van der Waals surface area (Å²) < 4.78 is 46.3. The van der Waals surface area contributed by atoms with Crippen molar-refractivity contribution in [2.45, 2.75) is 13.0 Å². The third kappa shape index (κ3) is 4.61. The van der Waals surface area contributed by atoms with E-state index in [1.54, 1.807) is 19.1 Å². The zero-order valence-corrected chi connectivity index (χ0v) is 18.8. The smallest absolute Gasteiger partial charge is 0.166 e. The van der Waals surface area contributed by atoms with Crippen molar-refractivity contribution in [3.8, 4) is 16.9 Å². The quantitative estimate of drug-likeness (QED) is 0.350. The number of hydrogen-bond acceptors (Lipinski definition) is 4. The molecule has 0 saturated carbocycles. The van der Waals surface area contributed by atoms with Gasteiger partial charge < -0.3 is 15.0 Å². The number of nitrogen functional groups attached to an aromatic ring is 1. The van der Waals surface area contributed by atoms with E-state index in [4.69, 9.17) is 33.7 Å². The Morgan fingerprint density at radius 1 is 1.07 bits per heavy atom. The maximum Gasteiger partial charge on any atom is 0.166 e. The summed E-state index contributed by atoms with van der Waals surface area (Å²) in [7, 11) is -2.74. The lowest BCUT2D eigenvalue weighted by Gasteiger charge is -2.19. The van der Waals surface area contributed by atoms with Gasteiger partial charge in [-0.15, -0.1) is 0 Å². The summed E-state index contributed by atoms with van der Waals surface area (Å²) in [6.45, 7) is 4.66. The Morgan fingerprint density at radius 2 is 1.77 bits per heavy atom. The summed E-state index contributed by atoms with van der Waals surface area (Å²) in [5.41, 5.74) is 7.25. The van der Waals surface area contributed by atoms with Gasteiger partial charge in [0.2, 0.25) is 0 Å². The Morgan fingerprint density at radius 3 is 2.40 bits per heavy atom. The van der Waals surface area contributed by atoms with Crippen LogP contribution in [0.25, 0.3) is 11.1 Å². The molecule has 2 aromatic carbocycles. The fourth-order valence-corrected chi connectivity index (χ4v) is 4.69. The highest BCUT2D eigenvalue weighted by Crippen LogP contribution is 2.38. The molecule has 0 fully saturated rings. The number of aromatic nitrogens is 1. The van der Waals surface area contributed by atoms with Crippen LogP contribution in [0, 0.1) is 11.6 Å². The van der Waals surface area contributed by atoms with Gasteiger partial charge in [0.25, 0.3) is 0 Å². The Hall–Kier alpha value is -2.14. The molecule has 0 aliphatic heterocycles. The zero-order valence-electron chi connectivity index (χ0n) is 16.4. The lowest BCUT2D eigenvalue weighted by molar-refractivity contribution is 0.227. The minimum atomic E-state index is -2.74. The second-order valence-corrected chi connectivity index (χ2v) is 11.1. The fourth-order valence-electron chi connectivity index (χ4n) is 3.00. The minimum Gasteiger partial charge on any atom is -0.482 e.